The maximum atomic E-state index is 12.7. The molecule has 0 unspecified atom stereocenters. The number of nitrogens with zero attached hydrogens (tertiary/aromatic N) is 4. The number of fused-ring (bicyclic) bond motifs is 1. The fourth-order valence-corrected chi connectivity index (χ4v) is 4.25. The van der Waals surface area contributed by atoms with E-state index in [1.54, 1.807) is 36.2 Å². The molecule has 2 aromatic heterocycles. The van der Waals surface area contributed by atoms with Crippen LogP contribution in [-0.2, 0) is 32.9 Å². The average molecular weight is 443 g/mol. The molecule has 4 rings (SSSR count). The lowest BCUT2D eigenvalue weighted by Gasteiger charge is -2.18. The topological polar surface area (TPSA) is 112 Å². The zero-order valence-corrected chi connectivity index (χ0v) is 17.7. The Kier molecular flexibility index (Phi) is 6.00. The first-order chi connectivity index (χ1) is 15.0. The van der Waals surface area contributed by atoms with Crippen molar-refractivity contribution < 1.29 is 22.8 Å². The number of ether oxygens (including phenoxy) is 1. The predicted molar refractivity (Wildman–Crippen MR) is 111 cm³/mol. The minimum Gasteiger partial charge on any atom is -0.496 e. The van der Waals surface area contributed by atoms with E-state index in [0.717, 1.165) is 5.56 Å². The molecule has 0 radical (unpaired) electrons. The third-order valence-corrected chi connectivity index (χ3v) is 6.09. The van der Waals surface area contributed by atoms with E-state index in [-0.39, 0.29) is 11.5 Å². The van der Waals surface area contributed by atoms with Crippen molar-refractivity contribution in [2.24, 2.45) is 0 Å². The zero-order chi connectivity index (χ0) is 21.8. The molecule has 162 valence electrons. The van der Waals surface area contributed by atoms with Gasteiger partial charge >= 0.3 is 0 Å². The molecule has 0 aliphatic heterocycles. The number of aromatic amines is 1. The highest BCUT2D eigenvalue weighted by Gasteiger charge is 2.27. The molecule has 2 heterocycles. The Labute approximate surface area is 178 Å². The summed E-state index contributed by atoms with van der Waals surface area (Å²) in [5, 5.41) is 12.1. The number of nitrogens with one attached hydrogen (secondary N) is 1. The summed E-state index contributed by atoms with van der Waals surface area (Å²) >= 11 is 0. The van der Waals surface area contributed by atoms with Crippen molar-refractivity contribution in [3.63, 3.8) is 0 Å². The van der Waals surface area contributed by atoms with Crippen molar-refractivity contribution in [3.8, 4) is 5.75 Å². The number of sulfonamides is 1. The van der Waals surface area contributed by atoms with Gasteiger partial charge in [0.05, 0.1) is 46.9 Å². The predicted octanol–water partition coefficient (Wildman–Crippen LogP) is 2.50. The van der Waals surface area contributed by atoms with Gasteiger partial charge in [0.25, 0.3) is 10.0 Å². The lowest BCUT2D eigenvalue weighted by molar-refractivity contribution is -0.293. The second kappa shape index (κ2) is 8.86. The number of H-pyrrole nitrogens is 1. The van der Waals surface area contributed by atoms with Crippen LogP contribution in [0.4, 0.5) is 0 Å². The van der Waals surface area contributed by atoms with Crippen LogP contribution >= 0.6 is 0 Å². The SMILES string of the molecule is COc1cc(Cn2cccn2)cc2n[nH]c(CON(OC)S(=O)(=O)c3ccccc3)c12. The highest BCUT2D eigenvalue weighted by Crippen LogP contribution is 2.30. The standard InChI is InChI=1S/C20H21N5O5S/c1-28-19-12-15(13-24-10-6-9-21-24)11-17-20(19)18(23-22-17)14-30-25(29-2)31(26,27)16-7-4-3-5-8-16/h3-12H,13-14H2,1-2H3,(H,22,23). The Hall–Kier alpha value is -3.25. The van der Waals surface area contributed by atoms with Crippen LogP contribution in [-0.4, -0.2) is 47.2 Å². The molecule has 0 aliphatic carbocycles. The quantitative estimate of drug-likeness (QED) is 0.396. The van der Waals surface area contributed by atoms with E-state index in [2.05, 4.69) is 15.3 Å². The maximum Gasteiger partial charge on any atom is 0.288 e. The van der Waals surface area contributed by atoms with E-state index in [9.17, 15) is 8.42 Å². The van der Waals surface area contributed by atoms with Crippen LogP contribution in [0, 0.1) is 0 Å². The van der Waals surface area contributed by atoms with E-state index in [1.165, 1.54) is 19.2 Å². The minimum atomic E-state index is -4.00. The molecule has 0 fully saturated rings. The number of hydrogen-bond donors (Lipinski definition) is 1. The van der Waals surface area contributed by atoms with E-state index in [0.29, 0.717) is 33.5 Å². The summed E-state index contributed by atoms with van der Waals surface area (Å²) in [6.45, 7) is 0.427. The monoisotopic (exact) mass is 443 g/mol. The summed E-state index contributed by atoms with van der Waals surface area (Å²) in [7, 11) is -1.22. The highest BCUT2D eigenvalue weighted by atomic mass is 32.2. The second-order valence-electron chi connectivity index (χ2n) is 6.57. The van der Waals surface area contributed by atoms with Crippen LogP contribution in [0.3, 0.4) is 0 Å². The van der Waals surface area contributed by atoms with Crippen LogP contribution in [0.5, 0.6) is 5.75 Å². The van der Waals surface area contributed by atoms with Gasteiger partial charge < -0.3 is 4.74 Å². The molecule has 0 aliphatic rings. The first-order valence-electron chi connectivity index (χ1n) is 9.31. The Morgan fingerprint density at radius 2 is 1.94 bits per heavy atom. The summed E-state index contributed by atoms with van der Waals surface area (Å²) in [4.78, 5) is 10.5. The summed E-state index contributed by atoms with van der Waals surface area (Å²) in [6, 6.07) is 13.5. The molecular formula is C20H21N5O5S. The highest BCUT2D eigenvalue weighted by molar-refractivity contribution is 7.88. The summed E-state index contributed by atoms with van der Waals surface area (Å²) in [5.41, 5.74) is 2.16. The second-order valence-corrected chi connectivity index (χ2v) is 8.29. The smallest absolute Gasteiger partial charge is 0.288 e. The fourth-order valence-electron chi connectivity index (χ4n) is 3.19. The number of benzene rings is 2. The molecule has 31 heavy (non-hydrogen) atoms. The van der Waals surface area contributed by atoms with Gasteiger partial charge in [-0.3, -0.25) is 19.5 Å². The zero-order valence-electron chi connectivity index (χ0n) is 16.9. The van der Waals surface area contributed by atoms with Crippen LogP contribution < -0.4 is 4.74 Å². The van der Waals surface area contributed by atoms with Crippen molar-refractivity contribution in [1.29, 1.82) is 0 Å². The van der Waals surface area contributed by atoms with Gasteiger partial charge in [0, 0.05) is 12.4 Å². The molecule has 0 saturated heterocycles. The molecule has 0 atom stereocenters. The maximum absolute atomic E-state index is 12.7. The van der Waals surface area contributed by atoms with Gasteiger partial charge in [0.15, 0.2) is 0 Å². The van der Waals surface area contributed by atoms with Gasteiger partial charge in [-0.25, -0.2) is 8.42 Å². The molecule has 2 aromatic carbocycles. The third-order valence-electron chi connectivity index (χ3n) is 4.58. The van der Waals surface area contributed by atoms with Gasteiger partial charge in [-0.1, -0.05) is 18.2 Å². The van der Waals surface area contributed by atoms with Crippen LogP contribution in [0.2, 0.25) is 0 Å². The molecule has 0 saturated carbocycles. The molecule has 0 spiro atoms. The number of aromatic nitrogens is 4. The first-order valence-corrected chi connectivity index (χ1v) is 10.8. The molecule has 11 heteroatoms. The van der Waals surface area contributed by atoms with Crippen molar-refractivity contribution in [2.45, 2.75) is 18.0 Å². The fraction of sp³-hybridized carbons (Fsp3) is 0.200. The van der Waals surface area contributed by atoms with Crippen molar-refractivity contribution in [2.75, 3.05) is 14.2 Å². The van der Waals surface area contributed by atoms with Gasteiger partial charge in [-0.2, -0.15) is 10.2 Å². The van der Waals surface area contributed by atoms with Crippen LogP contribution in [0.25, 0.3) is 10.9 Å². The number of hydrogen-bond acceptors (Lipinski definition) is 7. The minimum absolute atomic E-state index is 0.0483. The lowest BCUT2D eigenvalue weighted by atomic mass is 10.1. The molecule has 0 amide bonds. The van der Waals surface area contributed by atoms with Crippen molar-refractivity contribution >= 4 is 20.9 Å². The Bertz CT molecular complexity index is 1260. The normalized spacial score (nSPS) is 12.0. The average Bonchev–Trinajstić information content (AvgIpc) is 3.44. The molecule has 0 bridgehead atoms. The van der Waals surface area contributed by atoms with Crippen molar-refractivity contribution in [3.05, 3.63) is 72.2 Å². The first kappa shape index (κ1) is 21.0. The van der Waals surface area contributed by atoms with Crippen LogP contribution in [0.15, 0.2) is 65.8 Å². The van der Waals surface area contributed by atoms with E-state index in [4.69, 9.17) is 14.4 Å². The number of methoxy groups -OCH3 is 1. The summed E-state index contributed by atoms with van der Waals surface area (Å²) in [6.07, 6.45) is 3.58. The molecule has 10 nitrogen and oxygen atoms in total. The molecular weight excluding hydrogens is 422 g/mol. The summed E-state index contributed by atoms with van der Waals surface area (Å²) in [5.74, 6) is 0.585. The Morgan fingerprint density at radius 1 is 1.13 bits per heavy atom. The van der Waals surface area contributed by atoms with Gasteiger partial charge in [-0.05, 0) is 35.9 Å². The van der Waals surface area contributed by atoms with Gasteiger partial charge in [0.1, 0.15) is 12.4 Å². The van der Waals surface area contributed by atoms with E-state index in [1.807, 2.05) is 24.4 Å². The van der Waals surface area contributed by atoms with E-state index < -0.39 is 10.0 Å². The van der Waals surface area contributed by atoms with E-state index >= 15 is 0 Å². The Balaban J connectivity index is 1.58. The largest absolute Gasteiger partial charge is 0.496 e. The molecule has 1 N–H and O–H groups in total. The van der Waals surface area contributed by atoms with Gasteiger partial charge in [-0.15, -0.1) is 0 Å². The lowest BCUT2D eigenvalue weighted by Crippen LogP contribution is -2.30. The number of rotatable bonds is 9. The van der Waals surface area contributed by atoms with Gasteiger partial charge in [0.2, 0.25) is 0 Å². The Morgan fingerprint density at radius 3 is 2.61 bits per heavy atom. The van der Waals surface area contributed by atoms with Crippen LogP contribution in [0.1, 0.15) is 11.3 Å². The van der Waals surface area contributed by atoms with Crippen molar-refractivity contribution in [1.82, 2.24) is 24.6 Å². The molecule has 4 aromatic rings. The summed E-state index contributed by atoms with van der Waals surface area (Å²) < 4.78 is 33.3. The third kappa shape index (κ3) is 4.30.